The van der Waals surface area contributed by atoms with Gasteiger partial charge in [0.25, 0.3) is 15.8 Å². The number of aliphatic imine (C=N–C) groups is 1. The molecule has 0 spiro atoms. The maximum absolute atomic E-state index is 11.8. The van der Waals surface area contributed by atoms with E-state index in [4.69, 9.17) is 8.92 Å². The van der Waals surface area contributed by atoms with Crippen molar-refractivity contribution in [2.75, 3.05) is 19.3 Å². The lowest BCUT2D eigenvalue weighted by atomic mass is 10.2. The van der Waals surface area contributed by atoms with Crippen molar-refractivity contribution in [3.8, 4) is 0 Å². The Morgan fingerprint density at radius 3 is 2.62 bits per heavy atom. The van der Waals surface area contributed by atoms with Crippen LogP contribution in [0.1, 0.15) is 18.9 Å². The number of amidine groups is 1. The van der Waals surface area contributed by atoms with Crippen LogP contribution < -0.4 is 0 Å². The first kappa shape index (κ1) is 19.8. The highest BCUT2D eigenvalue weighted by Gasteiger charge is 2.27. The maximum Gasteiger partial charge on any atom is 0.435 e. The number of non-ortho nitro benzene ring substituents is 1. The fourth-order valence-electron chi connectivity index (χ4n) is 2.44. The molecule has 1 aromatic carbocycles. The van der Waals surface area contributed by atoms with Crippen molar-refractivity contribution in [2.24, 2.45) is 4.99 Å². The number of nitrogens with zero attached hydrogens (tertiary/aromatic N) is 3. The number of rotatable bonds is 5. The molecule has 0 saturated carbocycles. The standard InChI is InChI=1S/C15H19N3O7S/c1-11(17-8-7-14(9-17)25-26(2,22)23)16-15(19)24-10-12-3-5-13(6-4-12)18(20)21/h3-6,14H,7-10H2,1-2H3/b16-11+/t14-/m1/s1. The van der Waals surface area contributed by atoms with Crippen LogP contribution in [0.2, 0.25) is 0 Å². The van der Waals surface area contributed by atoms with Gasteiger partial charge in [0.1, 0.15) is 12.4 Å². The van der Waals surface area contributed by atoms with Gasteiger partial charge in [-0.15, -0.1) is 0 Å². The molecule has 11 heteroatoms. The zero-order valence-corrected chi connectivity index (χ0v) is 15.1. The van der Waals surface area contributed by atoms with Crippen LogP contribution in [-0.2, 0) is 25.6 Å². The van der Waals surface area contributed by atoms with Crippen molar-refractivity contribution >= 4 is 27.7 Å². The van der Waals surface area contributed by atoms with Crippen LogP contribution in [0.25, 0.3) is 0 Å². The number of carbonyl (C=O) groups is 1. The second-order valence-corrected chi connectivity index (χ2v) is 7.39. The molecule has 0 aromatic heterocycles. The molecular formula is C15H19N3O7S. The van der Waals surface area contributed by atoms with E-state index in [2.05, 4.69) is 4.99 Å². The van der Waals surface area contributed by atoms with Gasteiger partial charge >= 0.3 is 6.09 Å². The third-order valence-electron chi connectivity index (χ3n) is 3.68. The molecule has 1 saturated heterocycles. The van der Waals surface area contributed by atoms with E-state index in [1.54, 1.807) is 11.8 Å². The molecule has 1 aliphatic rings. The fraction of sp³-hybridized carbons (Fsp3) is 0.467. The van der Waals surface area contributed by atoms with Crippen LogP contribution in [0, 0.1) is 10.1 Å². The number of hydrogen-bond acceptors (Lipinski definition) is 7. The van der Waals surface area contributed by atoms with Crippen molar-refractivity contribution in [2.45, 2.75) is 26.1 Å². The second-order valence-electron chi connectivity index (χ2n) is 5.79. The number of nitro groups is 1. The van der Waals surface area contributed by atoms with Gasteiger partial charge in [-0.2, -0.15) is 13.4 Å². The summed E-state index contributed by atoms with van der Waals surface area (Å²) in [7, 11) is -3.53. The van der Waals surface area contributed by atoms with E-state index in [0.717, 1.165) is 6.26 Å². The van der Waals surface area contributed by atoms with Gasteiger partial charge in [0.05, 0.1) is 17.3 Å². The zero-order chi connectivity index (χ0) is 19.3. The van der Waals surface area contributed by atoms with Crippen LogP contribution in [-0.4, -0.2) is 55.6 Å². The summed E-state index contributed by atoms with van der Waals surface area (Å²) in [5, 5.41) is 10.6. The molecule has 142 valence electrons. The van der Waals surface area contributed by atoms with E-state index in [1.165, 1.54) is 24.3 Å². The monoisotopic (exact) mass is 385 g/mol. The van der Waals surface area contributed by atoms with Crippen molar-refractivity contribution in [3.63, 3.8) is 0 Å². The topological polar surface area (TPSA) is 128 Å². The number of likely N-dealkylation sites (tertiary alicyclic amines) is 1. The molecule has 1 atom stereocenters. The predicted octanol–water partition coefficient (Wildman–Crippen LogP) is 1.70. The van der Waals surface area contributed by atoms with Gasteiger partial charge in [-0.1, -0.05) is 0 Å². The van der Waals surface area contributed by atoms with E-state index in [0.29, 0.717) is 30.9 Å². The average Bonchev–Trinajstić information content (AvgIpc) is 3.00. The van der Waals surface area contributed by atoms with Crippen LogP contribution in [0.5, 0.6) is 0 Å². The minimum atomic E-state index is -3.53. The smallest absolute Gasteiger partial charge is 0.435 e. The molecule has 0 N–H and O–H groups in total. The third kappa shape index (κ3) is 6.08. The van der Waals surface area contributed by atoms with Gasteiger partial charge in [0.2, 0.25) is 0 Å². The first-order valence-corrected chi connectivity index (χ1v) is 9.54. The molecule has 1 fully saturated rings. The predicted molar refractivity (Wildman–Crippen MR) is 92.3 cm³/mol. The molecule has 1 aliphatic heterocycles. The lowest BCUT2D eigenvalue weighted by Gasteiger charge is -2.17. The Morgan fingerprint density at radius 2 is 2.04 bits per heavy atom. The van der Waals surface area contributed by atoms with Crippen LogP contribution >= 0.6 is 0 Å². The molecule has 0 bridgehead atoms. The van der Waals surface area contributed by atoms with Crippen LogP contribution in [0.3, 0.4) is 0 Å². The normalized spacial score (nSPS) is 18.0. The molecule has 1 amide bonds. The number of carbonyl (C=O) groups excluding carboxylic acids is 1. The molecule has 0 unspecified atom stereocenters. The molecule has 1 heterocycles. The second kappa shape index (κ2) is 8.23. The third-order valence-corrected chi connectivity index (χ3v) is 4.30. The summed E-state index contributed by atoms with van der Waals surface area (Å²) >= 11 is 0. The molecular weight excluding hydrogens is 366 g/mol. The van der Waals surface area contributed by atoms with Gasteiger partial charge in [0.15, 0.2) is 0 Å². The summed E-state index contributed by atoms with van der Waals surface area (Å²) in [4.78, 5) is 27.4. The van der Waals surface area contributed by atoms with Crippen LogP contribution in [0.4, 0.5) is 10.5 Å². The highest BCUT2D eigenvalue weighted by Crippen LogP contribution is 2.16. The largest absolute Gasteiger partial charge is 0.443 e. The molecule has 2 rings (SSSR count). The summed E-state index contributed by atoms with van der Waals surface area (Å²) in [6.45, 7) is 2.40. The summed E-state index contributed by atoms with van der Waals surface area (Å²) in [5.41, 5.74) is 0.549. The Balaban J connectivity index is 1.85. The lowest BCUT2D eigenvalue weighted by Crippen LogP contribution is -2.29. The summed E-state index contributed by atoms with van der Waals surface area (Å²) < 4.78 is 32.2. The Kier molecular flexibility index (Phi) is 6.27. The number of nitro benzene ring substituents is 1. The first-order chi connectivity index (χ1) is 12.1. The number of ether oxygens (including phenoxy) is 1. The van der Waals surface area contributed by atoms with E-state index >= 15 is 0 Å². The van der Waals surface area contributed by atoms with E-state index in [9.17, 15) is 23.3 Å². The van der Waals surface area contributed by atoms with Crippen LogP contribution in [0.15, 0.2) is 29.3 Å². The highest BCUT2D eigenvalue weighted by atomic mass is 32.2. The molecule has 0 aliphatic carbocycles. The Hall–Kier alpha value is -2.53. The SMILES string of the molecule is C/C(=N\C(=O)OCc1ccc([N+](=O)[O-])cc1)N1CC[C@@H](OS(C)(=O)=O)C1. The number of amides is 1. The van der Waals surface area contributed by atoms with Gasteiger partial charge in [-0.05, 0) is 31.0 Å². The molecule has 10 nitrogen and oxygen atoms in total. The Labute approximate surface area is 150 Å². The first-order valence-electron chi connectivity index (χ1n) is 7.72. The zero-order valence-electron chi connectivity index (χ0n) is 14.3. The average molecular weight is 385 g/mol. The Bertz CT molecular complexity index is 805. The lowest BCUT2D eigenvalue weighted by molar-refractivity contribution is -0.384. The van der Waals surface area contributed by atoms with Crippen molar-refractivity contribution in [1.29, 1.82) is 0 Å². The fourth-order valence-corrected chi connectivity index (χ4v) is 3.09. The van der Waals surface area contributed by atoms with Gasteiger partial charge in [0, 0.05) is 25.2 Å². The van der Waals surface area contributed by atoms with Gasteiger partial charge < -0.3 is 9.64 Å². The summed E-state index contributed by atoms with van der Waals surface area (Å²) in [6.07, 6.45) is 0.240. The number of benzene rings is 1. The minimum absolute atomic E-state index is 0.0474. The van der Waals surface area contributed by atoms with Gasteiger partial charge in [-0.25, -0.2) is 4.79 Å². The van der Waals surface area contributed by atoms with Gasteiger partial charge in [-0.3, -0.25) is 14.3 Å². The minimum Gasteiger partial charge on any atom is -0.443 e. The van der Waals surface area contributed by atoms with E-state index in [1.807, 2.05) is 0 Å². The number of hydrogen-bond donors (Lipinski definition) is 0. The Morgan fingerprint density at radius 1 is 1.38 bits per heavy atom. The van der Waals surface area contributed by atoms with Crippen molar-refractivity contribution in [3.05, 3.63) is 39.9 Å². The quantitative estimate of drug-likeness (QED) is 0.246. The molecule has 1 aromatic rings. The highest BCUT2D eigenvalue weighted by molar-refractivity contribution is 7.86. The maximum atomic E-state index is 11.8. The summed E-state index contributed by atoms with van der Waals surface area (Å²) in [6, 6.07) is 5.64. The van der Waals surface area contributed by atoms with Crippen molar-refractivity contribution in [1.82, 2.24) is 4.90 Å². The van der Waals surface area contributed by atoms with E-state index < -0.39 is 27.2 Å². The molecule has 0 radical (unpaired) electrons. The summed E-state index contributed by atoms with van der Waals surface area (Å²) in [5.74, 6) is 0.401. The van der Waals surface area contributed by atoms with Crippen molar-refractivity contribution < 1.29 is 27.1 Å². The molecule has 26 heavy (non-hydrogen) atoms. The van der Waals surface area contributed by atoms with E-state index in [-0.39, 0.29) is 12.3 Å².